The molecule has 2 aliphatic rings. The minimum atomic E-state index is -0.347. The second-order valence-corrected chi connectivity index (χ2v) is 7.72. The molecule has 0 atom stereocenters. The van der Waals surface area contributed by atoms with Gasteiger partial charge in [0.15, 0.2) is 0 Å². The van der Waals surface area contributed by atoms with E-state index in [4.69, 9.17) is 14.3 Å². The Kier molecular flexibility index (Phi) is 4.15. The van der Waals surface area contributed by atoms with Crippen LogP contribution >= 0.6 is 0 Å². The van der Waals surface area contributed by atoms with Gasteiger partial charge in [-0.3, -0.25) is 0 Å². The third-order valence-electron chi connectivity index (χ3n) is 5.61. The summed E-state index contributed by atoms with van der Waals surface area (Å²) in [4.78, 5) is 4.83. The lowest BCUT2D eigenvalue weighted by molar-refractivity contribution is 0.00578. The summed E-state index contributed by atoms with van der Waals surface area (Å²) >= 11 is 0. The molecule has 0 amide bonds. The van der Waals surface area contributed by atoms with Crippen LogP contribution in [-0.2, 0) is 15.7 Å². The first-order valence-electron chi connectivity index (χ1n) is 8.77. The zero-order chi connectivity index (χ0) is 16.0. The van der Waals surface area contributed by atoms with E-state index in [1.165, 1.54) is 32.1 Å². The molecule has 0 spiro atoms. The fourth-order valence-corrected chi connectivity index (χ4v) is 3.47. The van der Waals surface area contributed by atoms with Crippen molar-refractivity contribution in [1.29, 1.82) is 0 Å². The summed E-state index contributed by atoms with van der Waals surface area (Å²) in [6, 6.07) is 0.604. The smallest absolute Gasteiger partial charge is 0.398 e. The van der Waals surface area contributed by atoms with E-state index in [2.05, 4.69) is 45.4 Å². The summed E-state index contributed by atoms with van der Waals surface area (Å²) in [5, 5.41) is 0. The standard InChI is InChI=1S/C17H29BN2O2/c1-6-15-19-14(12-20(15)13-10-8-7-9-11-13)18-21-16(2,3)17(4,5)22-18/h12-13H,6-11H2,1-5H3. The number of hydrogen-bond donors (Lipinski definition) is 0. The van der Waals surface area contributed by atoms with Crippen molar-refractivity contribution in [2.24, 2.45) is 0 Å². The van der Waals surface area contributed by atoms with E-state index in [0.29, 0.717) is 6.04 Å². The Bertz CT molecular complexity index is 517. The molecule has 1 aromatic heterocycles. The molecule has 2 fully saturated rings. The number of imidazole rings is 1. The monoisotopic (exact) mass is 304 g/mol. The fraction of sp³-hybridized carbons (Fsp3) is 0.824. The van der Waals surface area contributed by atoms with Crippen LogP contribution in [0.5, 0.6) is 0 Å². The first-order chi connectivity index (χ1) is 10.3. The van der Waals surface area contributed by atoms with E-state index in [1.54, 1.807) is 0 Å². The molecule has 0 radical (unpaired) electrons. The molecule has 1 aliphatic carbocycles. The van der Waals surface area contributed by atoms with Gasteiger partial charge in [0.25, 0.3) is 0 Å². The highest BCUT2D eigenvalue weighted by Gasteiger charge is 2.52. The lowest BCUT2D eigenvalue weighted by Gasteiger charge is -2.32. The van der Waals surface area contributed by atoms with Gasteiger partial charge in [0.05, 0.1) is 16.8 Å². The number of aryl methyl sites for hydroxylation is 1. The highest BCUT2D eigenvalue weighted by atomic mass is 16.7. The summed E-state index contributed by atoms with van der Waals surface area (Å²) in [5.41, 5.74) is 0.318. The van der Waals surface area contributed by atoms with Crippen molar-refractivity contribution < 1.29 is 9.31 Å². The predicted octanol–water partition coefficient (Wildman–Crippen LogP) is 3.25. The van der Waals surface area contributed by atoms with Crippen LogP contribution < -0.4 is 5.59 Å². The lowest BCUT2D eigenvalue weighted by atomic mass is 9.85. The summed E-state index contributed by atoms with van der Waals surface area (Å²) in [7, 11) is -0.347. The van der Waals surface area contributed by atoms with Gasteiger partial charge in [0.2, 0.25) is 0 Å². The van der Waals surface area contributed by atoms with Crippen LogP contribution in [0.1, 0.15) is 78.6 Å². The van der Waals surface area contributed by atoms with Gasteiger partial charge in [-0.2, -0.15) is 0 Å². The zero-order valence-corrected chi connectivity index (χ0v) is 14.7. The molecule has 3 rings (SSSR count). The van der Waals surface area contributed by atoms with Gasteiger partial charge in [-0.1, -0.05) is 26.2 Å². The van der Waals surface area contributed by atoms with Gasteiger partial charge in [0.1, 0.15) is 5.82 Å². The number of nitrogens with zero attached hydrogens (tertiary/aromatic N) is 2. The highest BCUT2D eigenvalue weighted by molar-refractivity contribution is 6.61. The molecule has 122 valence electrons. The second-order valence-electron chi connectivity index (χ2n) is 7.72. The van der Waals surface area contributed by atoms with Crippen LogP contribution in [0, 0.1) is 0 Å². The topological polar surface area (TPSA) is 36.3 Å². The van der Waals surface area contributed by atoms with Gasteiger partial charge in [0, 0.05) is 18.7 Å². The largest absolute Gasteiger partial charge is 0.516 e. The van der Waals surface area contributed by atoms with Crippen LogP contribution in [0.15, 0.2) is 6.20 Å². The molecule has 0 unspecified atom stereocenters. The summed E-state index contributed by atoms with van der Waals surface area (Å²) in [6.07, 6.45) is 9.71. The molecule has 1 saturated heterocycles. The van der Waals surface area contributed by atoms with Crippen molar-refractivity contribution >= 4 is 12.7 Å². The van der Waals surface area contributed by atoms with Crippen molar-refractivity contribution in [2.45, 2.75) is 90.4 Å². The van der Waals surface area contributed by atoms with E-state index < -0.39 is 0 Å². The third-order valence-corrected chi connectivity index (χ3v) is 5.61. The van der Waals surface area contributed by atoms with E-state index in [9.17, 15) is 0 Å². The minimum absolute atomic E-state index is 0.307. The Morgan fingerprint density at radius 3 is 2.27 bits per heavy atom. The maximum Gasteiger partial charge on any atom is 0.516 e. The average molecular weight is 304 g/mol. The SMILES string of the molecule is CCc1nc(B2OC(C)(C)C(C)(C)O2)cn1C1CCCCC1. The predicted molar refractivity (Wildman–Crippen MR) is 89.4 cm³/mol. The molecule has 0 aromatic carbocycles. The van der Waals surface area contributed by atoms with Crippen LogP contribution in [-0.4, -0.2) is 27.9 Å². The molecule has 1 aliphatic heterocycles. The van der Waals surface area contributed by atoms with E-state index in [0.717, 1.165) is 17.8 Å². The lowest BCUT2D eigenvalue weighted by Crippen LogP contribution is -2.41. The van der Waals surface area contributed by atoms with Crippen molar-refractivity contribution in [3.8, 4) is 0 Å². The Morgan fingerprint density at radius 2 is 1.73 bits per heavy atom. The molecule has 0 bridgehead atoms. The molecular formula is C17H29BN2O2. The number of aromatic nitrogens is 2. The van der Waals surface area contributed by atoms with Gasteiger partial charge in [-0.25, -0.2) is 4.98 Å². The first kappa shape index (κ1) is 16.1. The van der Waals surface area contributed by atoms with Gasteiger partial charge in [-0.15, -0.1) is 0 Å². The Labute approximate surface area is 134 Å². The molecule has 22 heavy (non-hydrogen) atoms. The molecule has 1 aromatic rings. The minimum Gasteiger partial charge on any atom is -0.398 e. The maximum atomic E-state index is 6.15. The molecule has 1 saturated carbocycles. The quantitative estimate of drug-likeness (QED) is 0.804. The zero-order valence-electron chi connectivity index (χ0n) is 14.7. The summed E-state index contributed by atoms with van der Waals surface area (Å²) in [6.45, 7) is 10.5. The van der Waals surface area contributed by atoms with E-state index >= 15 is 0 Å². The van der Waals surface area contributed by atoms with Crippen molar-refractivity contribution in [3.63, 3.8) is 0 Å². The molecule has 2 heterocycles. The molecule has 4 nitrogen and oxygen atoms in total. The Hall–Kier alpha value is -0.805. The summed E-state index contributed by atoms with van der Waals surface area (Å²) in [5.74, 6) is 1.16. The van der Waals surface area contributed by atoms with Gasteiger partial charge < -0.3 is 13.9 Å². The van der Waals surface area contributed by atoms with Crippen molar-refractivity contribution in [1.82, 2.24) is 9.55 Å². The molecule has 5 heteroatoms. The van der Waals surface area contributed by atoms with Gasteiger partial charge >= 0.3 is 7.12 Å². The van der Waals surface area contributed by atoms with Crippen LogP contribution in [0.2, 0.25) is 0 Å². The number of rotatable bonds is 3. The van der Waals surface area contributed by atoms with E-state index in [1.807, 2.05) is 0 Å². The van der Waals surface area contributed by atoms with Crippen LogP contribution in [0.3, 0.4) is 0 Å². The average Bonchev–Trinajstić information content (AvgIpc) is 2.99. The fourth-order valence-electron chi connectivity index (χ4n) is 3.47. The second kappa shape index (κ2) is 5.68. The summed E-state index contributed by atoms with van der Waals surface area (Å²) < 4.78 is 14.7. The molecule has 0 N–H and O–H groups in total. The molecular weight excluding hydrogens is 275 g/mol. The van der Waals surface area contributed by atoms with Crippen LogP contribution in [0.25, 0.3) is 0 Å². The number of hydrogen-bond acceptors (Lipinski definition) is 3. The van der Waals surface area contributed by atoms with Crippen molar-refractivity contribution in [2.75, 3.05) is 0 Å². The maximum absolute atomic E-state index is 6.15. The van der Waals surface area contributed by atoms with Crippen LogP contribution in [0.4, 0.5) is 0 Å². The van der Waals surface area contributed by atoms with E-state index in [-0.39, 0.29) is 18.3 Å². The highest BCUT2D eigenvalue weighted by Crippen LogP contribution is 2.36. The first-order valence-corrected chi connectivity index (χ1v) is 8.77. The van der Waals surface area contributed by atoms with Gasteiger partial charge in [-0.05, 0) is 40.5 Å². The normalized spacial score (nSPS) is 24.9. The third kappa shape index (κ3) is 2.74. The Balaban J connectivity index is 1.85. The van der Waals surface area contributed by atoms with Crippen molar-refractivity contribution in [3.05, 3.63) is 12.0 Å². The Morgan fingerprint density at radius 1 is 1.14 bits per heavy atom.